The van der Waals surface area contributed by atoms with Crippen LogP contribution < -0.4 is 4.90 Å². The standard InChI is InChI=1S/C28H31N3O2/c1-22-9-6-7-14-26(22)28(33)31(21-23-10-4-3-5-11-23)25-13-8-12-24(19-25)20-27(32)30-17-15-29(2)16-18-30/h3-14,19H,15-18,20-21H2,1-2H3. The lowest BCUT2D eigenvalue weighted by molar-refractivity contribution is -0.132. The van der Waals surface area contributed by atoms with Gasteiger partial charge in [0.15, 0.2) is 0 Å². The summed E-state index contributed by atoms with van der Waals surface area (Å²) in [5, 5.41) is 0. The van der Waals surface area contributed by atoms with Gasteiger partial charge < -0.3 is 14.7 Å². The molecule has 33 heavy (non-hydrogen) atoms. The lowest BCUT2D eigenvalue weighted by atomic mass is 10.0. The number of piperazine rings is 1. The third kappa shape index (κ3) is 5.68. The topological polar surface area (TPSA) is 43.9 Å². The predicted molar refractivity (Wildman–Crippen MR) is 132 cm³/mol. The van der Waals surface area contributed by atoms with Crippen LogP contribution in [0.1, 0.15) is 27.0 Å². The van der Waals surface area contributed by atoms with Crippen LogP contribution in [0.15, 0.2) is 78.9 Å². The second-order valence-corrected chi connectivity index (χ2v) is 8.72. The van der Waals surface area contributed by atoms with Crippen LogP contribution >= 0.6 is 0 Å². The summed E-state index contributed by atoms with van der Waals surface area (Å²) in [5.74, 6) is 0.0968. The summed E-state index contributed by atoms with van der Waals surface area (Å²) in [6.07, 6.45) is 0.343. The molecule has 0 spiro atoms. The summed E-state index contributed by atoms with van der Waals surface area (Å²) < 4.78 is 0. The fraction of sp³-hybridized carbons (Fsp3) is 0.286. The summed E-state index contributed by atoms with van der Waals surface area (Å²) >= 11 is 0. The van der Waals surface area contributed by atoms with E-state index in [2.05, 4.69) is 11.9 Å². The van der Waals surface area contributed by atoms with Crippen LogP contribution in [0.2, 0.25) is 0 Å². The van der Waals surface area contributed by atoms with Crippen molar-refractivity contribution in [3.8, 4) is 0 Å². The Morgan fingerprint density at radius 1 is 0.818 bits per heavy atom. The van der Waals surface area contributed by atoms with E-state index in [4.69, 9.17) is 0 Å². The van der Waals surface area contributed by atoms with Crippen LogP contribution in [0.5, 0.6) is 0 Å². The molecule has 0 N–H and O–H groups in total. The minimum Gasteiger partial charge on any atom is -0.340 e. The molecule has 1 aliphatic heterocycles. The molecular weight excluding hydrogens is 410 g/mol. The van der Waals surface area contributed by atoms with Crippen molar-refractivity contribution >= 4 is 17.5 Å². The normalized spacial score (nSPS) is 14.2. The molecule has 0 aromatic heterocycles. The van der Waals surface area contributed by atoms with E-state index in [-0.39, 0.29) is 11.8 Å². The number of carbonyl (C=O) groups is 2. The van der Waals surface area contributed by atoms with Crippen LogP contribution in [0.3, 0.4) is 0 Å². The summed E-state index contributed by atoms with van der Waals surface area (Å²) in [6.45, 7) is 5.76. The number of benzene rings is 3. The van der Waals surface area contributed by atoms with E-state index in [0.717, 1.165) is 48.6 Å². The SMILES string of the molecule is Cc1ccccc1C(=O)N(Cc1ccccc1)c1cccc(CC(=O)N2CCN(C)CC2)c1. The highest BCUT2D eigenvalue weighted by atomic mass is 16.2. The first-order valence-electron chi connectivity index (χ1n) is 11.5. The number of anilines is 1. The lowest BCUT2D eigenvalue weighted by Gasteiger charge is -2.32. The van der Waals surface area contributed by atoms with Gasteiger partial charge in [0.1, 0.15) is 0 Å². The molecule has 1 heterocycles. The van der Waals surface area contributed by atoms with Gasteiger partial charge in [0.05, 0.1) is 13.0 Å². The van der Waals surface area contributed by atoms with Crippen molar-refractivity contribution in [1.29, 1.82) is 0 Å². The number of hydrogen-bond acceptors (Lipinski definition) is 3. The number of hydrogen-bond donors (Lipinski definition) is 0. The molecule has 5 nitrogen and oxygen atoms in total. The van der Waals surface area contributed by atoms with Crippen molar-refractivity contribution in [2.45, 2.75) is 19.9 Å². The van der Waals surface area contributed by atoms with Crippen molar-refractivity contribution in [3.05, 3.63) is 101 Å². The van der Waals surface area contributed by atoms with Gasteiger partial charge in [-0.2, -0.15) is 0 Å². The van der Waals surface area contributed by atoms with Crippen molar-refractivity contribution in [3.63, 3.8) is 0 Å². The van der Waals surface area contributed by atoms with Gasteiger partial charge in [0.25, 0.3) is 5.91 Å². The highest BCUT2D eigenvalue weighted by molar-refractivity contribution is 6.07. The molecule has 0 radical (unpaired) electrons. The molecule has 0 unspecified atom stereocenters. The van der Waals surface area contributed by atoms with Gasteiger partial charge in [-0.15, -0.1) is 0 Å². The largest absolute Gasteiger partial charge is 0.340 e. The van der Waals surface area contributed by atoms with Crippen molar-refractivity contribution in [1.82, 2.24) is 9.80 Å². The zero-order valence-corrected chi connectivity index (χ0v) is 19.4. The Labute approximate surface area is 196 Å². The van der Waals surface area contributed by atoms with Gasteiger partial charge in [-0.05, 0) is 48.9 Å². The highest BCUT2D eigenvalue weighted by Crippen LogP contribution is 2.23. The second-order valence-electron chi connectivity index (χ2n) is 8.72. The first-order chi connectivity index (χ1) is 16.0. The molecule has 3 aromatic rings. The van der Waals surface area contributed by atoms with Crippen LogP contribution in [-0.2, 0) is 17.8 Å². The predicted octanol–water partition coefficient (Wildman–Crippen LogP) is 4.16. The number of likely N-dealkylation sites (N-methyl/N-ethyl adjacent to an activating group) is 1. The number of rotatable bonds is 6. The fourth-order valence-corrected chi connectivity index (χ4v) is 4.18. The van der Waals surface area contributed by atoms with Gasteiger partial charge in [-0.25, -0.2) is 0 Å². The Hall–Kier alpha value is -3.44. The Kier molecular flexibility index (Phi) is 7.20. The maximum Gasteiger partial charge on any atom is 0.258 e. The van der Waals surface area contributed by atoms with Crippen LogP contribution in [0.4, 0.5) is 5.69 Å². The van der Waals surface area contributed by atoms with Crippen molar-refractivity contribution < 1.29 is 9.59 Å². The van der Waals surface area contributed by atoms with E-state index < -0.39 is 0 Å². The molecule has 1 aliphatic rings. The van der Waals surface area contributed by atoms with E-state index in [0.29, 0.717) is 18.5 Å². The molecule has 0 atom stereocenters. The second kappa shape index (κ2) is 10.5. The van der Waals surface area contributed by atoms with Crippen molar-refractivity contribution in [2.75, 3.05) is 38.1 Å². The number of aryl methyl sites for hydroxylation is 1. The molecule has 2 amide bonds. The maximum atomic E-state index is 13.6. The maximum absolute atomic E-state index is 13.6. The van der Waals surface area contributed by atoms with Gasteiger partial charge in [0.2, 0.25) is 5.91 Å². The van der Waals surface area contributed by atoms with Gasteiger partial charge in [-0.3, -0.25) is 9.59 Å². The van der Waals surface area contributed by atoms with Crippen LogP contribution in [0, 0.1) is 6.92 Å². The average molecular weight is 442 g/mol. The Morgan fingerprint density at radius 2 is 1.48 bits per heavy atom. The highest BCUT2D eigenvalue weighted by Gasteiger charge is 2.22. The molecule has 0 saturated carbocycles. The van der Waals surface area contributed by atoms with Gasteiger partial charge in [0, 0.05) is 37.4 Å². The lowest BCUT2D eigenvalue weighted by Crippen LogP contribution is -2.47. The molecule has 0 aliphatic carbocycles. The van der Waals surface area contributed by atoms with E-state index in [1.165, 1.54) is 0 Å². The molecule has 170 valence electrons. The van der Waals surface area contributed by atoms with Gasteiger partial charge >= 0.3 is 0 Å². The number of amides is 2. The first-order valence-corrected chi connectivity index (χ1v) is 11.5. The number of nitrogens with zero attached hydrogens (tertiary/aromatic N) is 3. The van der Waals surface area contributed by atoms with Gasteiger partial charge in [-0.1, -0.05) is 60.7 Å². The monoisotopic (exact) mass is 441 g/mol. The molecule has 1 fully saturated rings. The Morgan fingerprint density at radius 3 is 2.21 bits per heavy atom. The minimum absolute atomic E-state index is 0.0421. The summed E-state index contributed by atoms with van der Waals surface area (Å²) in [5.41, 5.74) is 4.41. The summed E-state index contributed by atoms with van der Waals surface area (Å²) in [7, 11) is 2.08. The van der Waals surface area contributed by atoms with Crippen molar-refractivity contribution in [2.24, 2.45) is 0 Å². The molecule has 0 bridgehead atoms. The van der Waals surface area contributed by atoms with E-state index in [1.54, 1.807) is 0 Å². The Balaban J connectivity index is 1.59. The van der Waals surface area contributed by atoms with Crippen LogP contribution in [0.25, 0.3) is 0 Å². The number of carbonyl (C=O) groups excluding carboxylic acids is 2. The quantitative estimate of drug-likeness (QED) is 0.577. The average Bonchev–Trinajstić information content (AvgIpc) is 2.83. The molecule has 5 heteroatoms. The molecule has 1 saturated heterocycles. The molecule has 4 rings (SSSR count). The third-order valence-electron chi connectivity index (χ3n) is 6.24. The molecule has 3 aromatic carbocycles. The zero-order chi connectivity index (χ0) is 23.2. The minimum atomic E-state index is -0.0421. The zero-order valence-electron chi connectivity index (χ0n) is 19.4. The molecular formula is C28H31N3O2. The van der Waals surface area contributed by atoms with E-state index in [1.807, 2.05) is 95.6 Å². The Bertz CT molecular complexity index is 1100. The van der Waals surface area contributed by atoms with Crippen LogP contribution in [-0.4, -0.2) is 54.8 Å². The third-order valence-corrected chi connectivity index (χ3v) is 6.24. The smallest absolute Gasteiger partial charge is 0.258 e. The summed E-state index contributed by atoms with van der Waals surface area (Å²) in [4.78, 5) is 32.5. The van der Waals surface area contributed by atoms with E-state index >= 15 is 0 Å². The first kappa shape index (κ1) is 22.7. The summed E-state index contributed by atoms with van der Waals surface area (Å²) in [6, 6.07) is 25.5. The fourth-order valence-electron chi connectivity index (χ4n) is 4.18. The van der Waals surface area contributed by atoms with E-state index in [9.17, 15) is 9.59 Å².